The van der Waals surface area contributed by atoms with Gasteiger partial charge in [-0.2, -0.15) is 0 Å². The lowest BCUT2D eigenvalue weighted by Gasteiger charge is -1.82. The predicted octanol–water partition coefficient (Wildman–Crippen LogP) is -1.15. The minimum absolute atomic E-state index is 0.199. The molecule has 2 aromatic rings. The van der Waals surface area contributed by atoms with Crippen LogP contribution in [-0.4, -0.2) is 30.4 Å². The Hall–Kier alpha value is -1.79. The molecular weight excluding hydrogens is 136 g/mol. The van der Waals surface area contributed by atoms with E-state index in [1.807, 2.05) is 0 Å². The van der Waals surface area contributed by atoms with Gasteiger partial charge in [0.2, 0.25) is 12.7 Å². The number of tetrazole rings is 1. The van der Waals surface area contributed by atoms with Crippen molar-refractivity contribution >= 4 is 0 Å². The van der Waals surface area contributed by atoms with E-state index in [2.05, 4.69) is 32.1 Å². The van der Waals surface area contributed by atoms with E-state index >= 15 is 0 Å². The monoisotopic (exact) mass is 137 g/mol. The highest BCUT2D eigenvalue weighted by molar-refractivity contribution is 4.92. The van der Waals surface area contributed by atoms with E-state index in [0.29, 0.717) is 0 Å². The molecule has 0 saturated carbocycles. The Morgan fingerprint density at radius 2 is 2.60 bits per heavy atom. The molecule has 0 N–H and O–H groups in total. The van der Waals surface area contributed by atoms with Crippen LogP contribution in [0.15, 0.2) is 10.8 Å². The third-order valence-corrected chi connectivity index (χ3v) is 0.843. The average Bonchev–Trinajstić information content (AvgIpc) is 2.59. The molecule has 2 aromatic heterocycles. The normalized spacial score (nSPS) is 10.0. The lowest BCUT2D eigenvalue weighted by molar-refractivity contribution is 0.501. The first-order chi connectivity index (χ1) is 4.97. The summed E-state index contributed by atoms with van der Waals surface area (Å²) >= 11 is 0. The molecule has 2 heterocycles. The van der Waals surface area contributed by atoms with Crippen LogP contribution in [0.4, 0.5) is 0 Å². The largest absolute Gasteiger partial charge is 0.409 e. The van der Waals surface area contributed by atoms with Gasteiger partial charge in [-0.15, -0.1) is 14.9 Å². The van der Waals surface area contributed by atoms with E-state index in [4.69, 9.17) is 4.42 Å². The summed E-state index contributed by atoms with van der Waals surface area (Å²) in [7, 11) is 0. The predicted molar refractivity (Wildman–Crippen MR) is 25.8 cm³/mol. The van der Waals surface area contributed by atoms with Crippen LogP contribution in [0.25, 0.3) is 6.01 Å². The first-order valence-corrected chi connectivity index (χ1v) is 2.39. The summed E-state index contributed by atoms with van der Waals surface area (Å²) < 4.78 is 5.89. The summed E-state index contributed by atoms with van der Waals surface area (Å²) in [4.78, 5) is 0. The van der Waals surface area contributed by atoms with Gasteiger partial charge >= 0.3 is 6.01 Å². The van der Waals surface area contributed by atoms with Crippen LogP contribution in [0.1, 0.15) is 0 Å². The zero-order valence-electron chi connectivity index (χ0n) is 4.67. The lowest BCUT2D eigenvalue weighted by Crippen LogP contribution is -1.95. The Kier molecular flexibility index (Phi) is 0.938. The number of rotatable bonds is 1. The van der Waals surface area contributed by atoms with E-state index in [-0.39, 0.29) is 6.01 Å². The third kappa shape index (κ3) is 0.642. The van der Waals surface area contributed by atoms with Crippen LogP contribution in [0.5, 0.6) is 0 Å². The van der Waals surface area contributed by atoms with Crippen LogP contribution in [-0.2, 0) is 0 Å². The molecule has 7 nitrogen and oxygen atoms in total. The van der Waals surface area contributed by atoms with Gasteiger partial charge in [0.25, 0.3) is 0 Å². The Bertz CT molecular complexity index is 252. The van der Waals surface area contributed by atoms with Gasteiger partial charge < -0.3 is 4.42 Å². The van der Waals surface area contributed by atoms with Crippen molar-refractivity contribution in [3.05, 3.63) is 12.7 Å². The summed E-state index contributed by atoms with van der Waals surface area (Å²) in [6.45, 7) is 0. The maximum absolute atomic E-state index is 4.74. The molecule has 0 aliphatic rings. The maximum atomic E-state index is 4.74. The van der Waals surface area contributed by atoms with Gasteiger partial charge in [0.05, 0.1) is 0 Å². The molecule has 0 saturated heterocycles. The molecule has 0 spiro atoms. The standard InChI is InChI=1S/C3HN6O/c1-4-7-8-9(1)3-6-5-2-10-3/h2H. The fourth-order valence-corrected chi connectivity index (χ4v) is 0.483. The Morgan fingerprint density at radius 3 is 3.20 bits per heavy atom. The Morgan fingerprint density at radius 1 is 1.60 bits per heavy atom. The van der Waals surface area contributed by atoms with Crippen molar-refractivity contribution < 1.29 is 4.42 Å². The van der Waals surface area contributed by atoms with E-state index < -0.39 is 0 Å². The van der Waals surface area contributed by atoms with Crippen molar-refractivity contribution in [2.45, 2.75) is 0 Å². The number of hydrogen-bond donors (Lipinski definition) is 0. The zero-order valence-corrected chi connectivity index (χ0v) is 4.67. The maximum Gasteiger partial charge on any atom is 0.347 e. The van der Waals surface area contributed by atoms with E-state index in [1.165, 1.54) is 6.39 Å². The molecule has 7 heteroatoms. The molecule has 0 aromatic carbocycles. The van der Waals surface area contributed by atoms with E-state index in [0.717, 1.165) is 4.68 Å². The first kappa shape index (κ1) is 5.03. The van der Waals surface area contributed by atoms with Gasteiger partial charge in [-0.1, -0.05) is 5.10 Å². The molecule has 0 unspecified atom stereocenters. The van der Waals surface area contributed by atoms with Gasteiger partial charge in [-0.25, -0.2) is 0 Å². The van der Waals surface area contributed by atoms with Gasteiger partial charge in [0.15, 0.2) is 0 Å². The summed E-state index contributed by atoms with van der Waals surface area (Å²) in [5, 5.41) is 17.0. The van der Waals surface area contributed by atoms with Crippen LogP contribution in [0.2, 0.25) is 0 Å². The van der Waals surface area contributed by atoms with Crippen LogP contribution >= 0.6 is 0 Å². The molecule has 1 radical (unpaired) electrons. The van der Waals surface area contributed by atoms with Crippen molar-refractivity contribution in [3.8, 4) is 6.01 Å². The summed E-state index contributed by atoms with van der Waals surface area (Å²) in [5.74, 6) is 0. The minimum Gasteiger partial charge on any atom is -0.409 e. The highest BCUT2D eigenvalue weighted by Gasteiger charge is 2.01. The Balaban J connectivity index is 2.48. The second-order valence-corrected chi connectivity index (χ2v) is 1.41. The van der Waals surface area contributed by atoms with Crippen molar-refractivity contribution in [1.82, 2.24) is 30.4 Å². The van der Waals surface area contributed by atoms with Crippen molar-refractivity contribution in [2.24, 2.45) is 0 Å². The summed E-state index contributed by atoms with van der Waals surface area (Å²) in [5.41, 5.74) is 0. The molecule has 0 amide bonds. The van der Waals surface area contributed by atoms with Gasteiger partial charge in [0, 0.05) is 0 Å². The smallest absolute Gasteiger partial charge is 0.347 e. The van der Waals surface area contributed by atoms with Crippen LogP contribution < -0.4 is 0 Å². The van der Waals surface area contributed by atoms with Crippen molar-refractivity contribution in [2.75, 3.05) is 0 Å². The molecule has 0 aliphatic carbocycles. The van der Waals surface area contributed by atoms with Gasteiger partial charge in [0.1, 0.15) is 0 Å². The fraction of sp³-hybridized carbons (Fsp3) is 0. The molecule has 0 aliphatic heterocycles. The highest BCUT2D eigenvalue weighted by atomic mass is 16.4. The van der Waals surface area contributed by atoms with Crippen LogP contribution in [0, 0.1) is 6.33 Å². The van der Waals surface area contributed by atoms with Crippen LogP contribution in [0.3, 0.4) is 0 Å². The fourth-order valence-electron chi connectivity index (χ4n) is 0.483. The molecule has 49 valence electrons. The molecule has 0 fully saturated rings. The van der Waals surface area contributed by atoms with Gasteiger partial charge in [-0.05, 0) is 10.4 Å². The lowest BCUT2D eigenvalue weighted by atomic mass is 11.1. The zero-order chi connectivity index (χ0) is 6.81. The number of nitrogens with zero attached hydrogens (tertiary/aromatic N) is 6. The minimum atomic E-state index is 0.199. The molecule has 10 heavy (non-hydrogen) atoms. The molecule has 0 bridgehead atoms. The van der Waals surface area contributed by atoms with Gasteiger partial charge in [-0.3, -0.25) is 0 Å². The first-order valence-electron chi connectivity index (χ1n) is 2.39. The quantitative estimate of drug-likeness (QED) is 0.493. The summed E-state index contributed by atoms with van der Waals surface area (Å²) in [6.07, 6.45) is 3.57. The SMILES string of the molecule is [c]1nnnn1-c1nnco1. The number of hydrogen-bond acceptors (Lipinski definition) is 6. The van der Waals surface area contributed by atoms with E-state index in [9.17, 15) is 0 Å². The second kappa shape index (κ2) is 1.87. The average molecular weight is 137 g/mol. The third-order valence-electron chi connectivity index (χ3n) is 0.843. The molecular formula is C3HN6O. The highest BCUT2D eigenvalue weighted by Crippen LogP contribution is 1.94. The van der Waals surface area contributed by atoms with Crippen molar-refractivity contribution in [1.29, 1.82) is 0 Å². The van der Waals surface area contributed by atoms with E-state index in [1.54, 1.807) is 0 Å². The second-order valence-electron chi connectivity index (χ2n) is 1.41. The summed E-state index contributed by atoms with van der Waals surface area (Å²) in [6, 6.07) is 0.199. The Labute approximate surface area is 54.7 Å². The molecule has 2 rings (SSSR count). The topological polar surface area (TPSA) is 82.5 Å². The van der Waals surface area contributed by atoms with Crippen molar-refractivity contribution in [3.63, 3.8) is 0 Å². The number of aromatic nitrogens is 6. The molecule has 0 atom stereocenters.